The molecule has 4 heterocycles. The highest BCUT2D eigenvalue weighted by molar-refractivity contribution is 6.01. The Kier molecular flexibility index (Phi) is 12.2. The summed E-state index contributed by atoms with van der Waals surface area (Å²) in [4.78, 5) is 49.4. The van der Waals surface area contributed by atoms with Crippen LogP contribution in [-0.2, 0) is 9.59 Å². The summed E-state index contributed by atoms with van der Waals surface area (Å²) < 4.78 is 32.4. The van der Waals surface area contributed by atoms with E-state index in [2.05, 4.69) is 44.1 Å². The Morgan fingerprint density at radius 2 is 1.81 bits per heavy atom. The topological polar surface area (TPSA) is 160 Å². The fourth-order valence-corrected chi connectivity index (χ4v) is 7.30. The van der Waals surface area contributed by atoms with Crippen molar-refractivity contribution in [3.05, 3.63) is 35.9 Å². The number of rotatable bonds is 15. The van der Waals surface area contributed by atoms with E-state index in [1.807, 2.05) is 27.7 Å². The van der Waals surface area contributed by atoms with Gasteiger partial charge in [-0.15, -0.1) is 10.2 Å². The molecule has 0 radical (unpaired) electrons. The van der Waals surface area contributed by atoms with Gasteiger partial charge in [-0.3, -0.25) is 9.69 Å². The molecule has 3 aliphatic rings. The van der Waals surface area contributed by atoms with Gasteiger partial charge in [0.15, 0.2) is 17.4 Å². The van der Waals surface area contributed by atoms with Crippen molar-refractivity contribution in [2.75, 3.05) is 50.7 Å². The number of nitrogens with zero attached hydrogens (tertiary/aromatic N) is 6. The van der Waals surface area contributed by atoms with E-state index in [0.717, 1.165) is 63.7 Å². The van der Waals surface area contributed by atoms with Gasteiger partial charge in [0.25, 0.3) is 11.8 Å². The molecule has 2 aromatic rings. The lowest BCUT2D eigenvalue weighted by Crippen LogP contribution is -2.62. The second-order valence-electron chi connectivity index (χ2n) is 15.3. The van der Waals surface area contributed by atoms with Crippen LogP contribution >= 0.6 is 0 Å². The van der Waals surface area contributed by atoms with Crippen molar-refractivity contribution in [2.45, 2.75) is 91.8 Å². The first-order valence-corrected chi connectivity index (χ1v) is 18.2. The molecule has 284 valence electrons. The molecule has 0 aliphatic carbocycles. The number of aromatic nitrogens is 3. The zero-order chi connectivity index (χ0) is 37.8. The molecule has 1 atom stereocenters. The Morgan fingerprint density at radius 3 is 2.44 bits per heavy atom. The summed E-state index contributed by atoms with van der Waals surface area (Å²) in [6, 6.07) is 1.10. The summed E-state index contributed by atoms with van der Waals surface area (Å²) in [5.41, 5.74) is -0.879. The molecule has 2 N–H and O–H groups in total. The van der Waals surface area contributed by atoms with E-state index >= 15 is 4.39 Å². The van der Waals surface area contributed by atoms with Crippen LogP contribution < -0.4 is 24.4 Å². The zero-order valence-electron chi connectivity index (χ0n) is 31.3. The van der Waals surface area contributed by atoms with Crippen LogP contribution in [0.3, 0.4) is 0 Å². The summed E-state index contributed by atoms with van der Waals surface area (Å²) in [7, 11) is 0. The Labute approximate surface area is 304 Å². The molecule has 1 amide bonds. The Bertz CT molecular complexity index is 1660. The minimum atomic E-state index is -1.09. The number of carbonyl (C=O) groups is 3. The number of hydrogen-bond acceptors (Lipinski definition) is 13. The molecule has 1 aromatic carbocycles. The normalized spacial score (nSPS) is 18.4. The largest absolute Gasteiger partial charge is 0.430 e. The van der Waals surface area contributed by atoms with Crippen LogP contribution in [-0.4, -0.2) is 111 Å². The van der Waals surface area contributed by atoms with Gasteiger partial charge in [0.2, 0.25) is 11.5 Å². The Morgan fingerprint density at radius 1 is 1.12 bits per heavy atom. The van der Waals surface area contributed by atoms with Gasteiger partial charge in [0.1, 0.15) is 6.33 Å². The number of benzene rings is 1. The third kappa shape index (κ3) is 9.04. The van der Waals surface area contributed by atoms with Gasteiger partial charge < -0.3 is 34.4 Å². The SMILES string of the molecule is CCN(C(=O)c1cc(F)c2c(c1Oc1nncnc1N1CCC3(C1)CN(C(CCCNCCC(C)(C)O)C(C)C)C3)OC(=O)/C=C/C(=O)O2)C(C)C. The fraction of sp³-hybridized carbons (Fsp3) is 0.622. The predicted octanol–water partition coefficient (Wildman–Crippen LogP) is 4.12. The number of carbonyl (C=O) groups excluding carboxylic acids is 3. The van der Waals surface area contributed by atoms with Crippen molar-refractivity contribution in [1.29, 1.82) is 0 Å². The second-order valence-corrected chi connectivity index (χ2v) is 15.3. The third-order valence-corrected chi connectivity index (χ3v) is 9.95. The highest BCUT2D eigenvalue weighted by Crippen LogP contribution is 2.48. The number of fused-ring (bicyclic) bond motifs is 1. The molecule has 2 saturated heterocycles. The van der Waals surface area contributed by atoms with Crippen LogP contribution in [0.5, 0.6) is 23.1 Å². The number of aliphatic hydroxyl groups is 1. The summed E-state index contributed by atoms with van der Waals surface area (Å²) in [6.07, 6.45) is 6.72. The number of esters is 2. The molecular weight excluding hydrogens is 673 g/mol. The quantitative estimate of drug-likeness (QED) is 0.154. The molecule has 1 unspecified atom stereocenters. The molecule has 52 heavy (non-hydrogen) atoms. The van der Waals surface area contributed by atoms with Gasteiger partial charge in [-0.1, -0.05) is 13.8 Å². The van der Waals surface area contributed by atoms with Crippen molar-refractivity contribution in [3.63, 3.8) is 0 Å². The highest BCUT2D eigenvalue weighted by Gasteiger charge is 2.50. The second kappa shape index (κ2) is 16.2. The maximum atomic E-state index is 15.6. The summed E-state index contributed by atoms with van der Waals surface area (Å²) >= 11 is 0. The third-order valence-electron chi connectivity index (χ3n) is 9.95. The Balaban J connectivity index is 1.35. The van der Waals surface area contributed by atoms with Crippen LogP contribution in [0.15, 0.2) is 24.5 Å². The van der Waals surface area contributed by atoms with E-state index in [4.69, 9.17) is 14.2 Å². The molecular formula is C37H52FN7O7. The number of amides is 1. The van der Waals surface area contributed by atoms with Gasteiger partial charge >= 0.3 is 11.9 Å². The summed E-state index contributed by atoms with van der Waals surface area (Å²) in [5, 5.41) is 21.5. The van der Waals surface area contributed by atoms with E-state index in [1.54, 1.807) is 6.92 Å². The standard InChI is InChI=1S/C37H52FN7O7/c1-8-45(24(4)5)35(48)25-18-26(38)31-32(51-29(47)12-11-28(46)50-31)30(25)52-34-33(40-22-41-42-34)43-17-14-37(19-43)20-44(21-37)27(23(2)3)10-9-15-39-16-13-36(6,7)49/h11-12,18,22-24,27,39,49H,8-10,13-17,19-21H2,1-7H3/b12-11+. The van der Waals surface area contributed by atoms with Gasteiger partial charge in [0, 0.05) is 62.4 Å². The molecule has 14 nitrogen and oxygen atoms in total. The van der Waals surface area contributed by atoms with E-state index in [9.17, 15) is 19.5 Å². The van der Waals surface area contributed by atoms with Crippen LogP contribution in [0, 0.1) is 17.2 Å². The average molecular weight is 726 g/mol. The van der Waals surface area contributed by atoms with Crippen LogP contribution in [0.4, 0.5) is 10.2 Å². The van der Waals surface area contributed by atoms with Crippen molar-refractivity contribution in [1.82, 2.24) is 30.3 Å². The lowest BCUT2D eigenvalue weighted by atomic mass is 9.76. The summed E-state index contributed by atoms with van der Waals surface area (Å²) in [6.45, 7) is 18.8. The van der Waals surface area contributed by atoms with Gasteiger partial charge in [-0.05, 0) is 85.4 Å². The lowest BCUT2D eigenvalue weighted by molar-refractivity contribution is -0.133. The lowest BCUT2D eigenvalue weighted by Gasteiger charge is -2.53. The van der Waals surface area contributed by atoms with Crippen LogP contribution in [0.2, 0.25) is 0 Å². The van der Waals surface area contributed by atoms with Crippen molar-refractivity contribution >= 4 is 23.7 Å². The molecule has 2 fully saturated rings. The molecule has 0 saturated carbocycles. The number of ether oxygens (including phenoxy) is 3. The maximum Gasteiger partial charge on any atom is 0.336 e. The monoisotopic (exact) mass is 725 g/mol. The predicted molar refractivity (Wildman–Crippen MR) is 191 cm³/mol. The molecule has 0 bridgehead atoms. The minimum Gasteiger partial charge on any atom is -0.430 e. The van der Waals surface area contributed by atoms with Crippen molar-refractivity contribution < 1.29 is 38.1 Å². The highest BCUT2D eigenvalue weighted by atomic mass is 19.1. The fourth-order valence-electron chi connectivity index (χ4n) is 7.30. The first-order chi connectivity index (χ1) is 24.6. The molecule has 3 aliphatic heterocycles. The van der Waals surface area contributed by atoms with E-state index in [-0.39, 0.29) is 28.6 Å². The van der Waals surface area contributed by atoms with Gasteiger partial charge in [-0.25, -0.2) is 19.0 Å². The maximum absolute atomic E-state index is 15.6. The van der Waals surface area contributed by atoms with Crippen LogP contribution in [0.25, 0.3) is 0 Å². The molecule has 1 aromatic heterocycles. The van der Waals surface area contributed by atoms with E-state index in [0.29, 0.717) is 43.8 Å². The van der Waals surface area contributed by atoms with E-state index < -0.39 is 40.8 Å². The molecule has 5 rings (SSSR count). The number of hydrogen-bond donors (Lipinski definition) is 2. The minimum absolute atomic E-state index is 0.0433. The molecule has 15 heteroatoms. The van der Waals surface area contributed by atoms with E-state index in [1.165, 1.54) is 11.2 Å². The number of likely N-dealkylation sites (tertiary alicyclic amines) is 1. The Hall–Kier alpha value is -4.21. The van der Waals surface area contributed by atoms with Gasteiger partial charge in [0.05, 0.1) is 11.2 Å². The summed E-state index contributed by atoms with van der Waals surface area (Å²) in [5.74, 6) is -4.50. The number of nitrogens with one attached hydrogen (secondary N) is 1. The van der Waals surface area contributed by atoms with Crippen molar-refractivity contribution in [2.24, 2.45) is 11.3 Å². The number of anilines is 1. The molecule has 1 spiro atoms. The van der Waals surface area contributed by atoms with Gasteiger partial charge in [-0.2, -0.15) is 0 Å². The smallest absolute Gasteiger partial charge is 0.336 e. The first-order valence-electron chi connectivity index (χ1n) is 18.2. The first kappa shape index (κ1) is 39.0. The average Bonchev–Trinajstić information content (AvgIpc) is 3.50. The number of halogens is 1. The van der Waals surface area contributed by atoms with Crippen LogP contribution in [0.1, 0.15) is 84.5 Å². The zero-order valence-corrected chi connectivity index (χ0v) is 31.3. The van der Waals surface area contributed by atoms with Crippen molar-refractivity contribution in [3.8, 4) is 23.1 Å².